The lowest BCUT2D eigenvalue weighted by Crippen LogP contribution is -2.19. The van der Waals surface area contributed by atoms with Crippen LogP contribution in [0.4, 0.5) is 16.2 Å². The number of anilines is 2. The van der Waals surface area contributed by atoms with Gasteiger partial charge in [-0.3, -0.25) is 0 Å². The van der Waals surface area contributed by atoms with Gasteiger partial charge in [-0.15, -0.1) is 0 Å². The number of rotatable bonds is 3. The normalized spacial score (nSPS) is 10.2. The average molecular weight is 316 g/mol. The summed E-state index contributed by atoms with van der Waals surface area (Å²) in [4.78, 5) is 12.1. The highest BCUT2D eigenvalue weighted by molar-refractivity contribution is 5.99. The summed E-state index contributed by atoms with van der Waals surface area (Å²) in [5.74, 6) is 0. The predicted octanol–water partition coefficient (Wildman–Crippen LogP) is 5.61. The van der Waals surface area contributed by atoms with Crippen molar-refractivity contribution in [3.63, 3.8) is 0 Å². The van der Waals surface area contributed by atoms with Gasteiger partial charge in [0.15, 0.2) is 0 Å². The predicted molar refractivity (Wildman–Crippen MR) is 100 cm³/mol. The molecule has 2 amide bonds. The lowest BCUT2D eigenvalue weighted by atomic mass is 10.1. The van der Waals surface area contributed by atoms with Gasteiger partial charge in [0.2, 0.25) is 0 Å². The Morgan fingerprint density at radius 2 is 1.25 bits per heavy atom. The van der Waals surface area contributed by atoms with Crippen LogP contribution >= 0.6 is 0 Å². The van der Waals surface area contributed by atoms with Crippen molar-refractivity contribution in [3.8, 4) is 11.1 Å². The molecule has 0 heterocycles. The summed E-state index contributed by atoms with van der Waals surface area (Å²) in [5.41, 5.74) is 6.18. The molecule has 0 bridgehead atoms. The van der Waals surface area contributed by atoms with Crippen molar-refractivity contribution in [3.05, 3.63) is 83.9 Å². The molecular formula is C21H20N2O. The molecule has 3 aromatic carbocycles. The molecule has 0 aliphatic carbocycles. The zero-order valence-corrected chi connectivity index (χ0v) is 13.8. The van der Waals surface area contributed by atoms with Crippen molar-refractivity contribution >= 4 is 17.4 Å². The van der Waals surface area contributed by atoms with E-state index in [0.717, 1.165) is 28.1 Å². The van der Waals surface area contributed by atoms with Gasteiger partial charge in [-0.1, -0.05) is 48.5 Å². The van der Waals surface area contributed by atoms with E-state index in [-0.39, 0.29) is 6.03 Å². The van der Waals surface area contributed by atoms with Crippen LogP contribution in [-0.4, -0.2) is 6.03 Å². The summed E-state index contributed by atoms with van der Waals surface area (Å²) in [5, 5.41) is 5.71. The van der Waals surface area contributed by atoms with E-state index in [0.29, 0.717) is 0 Å². The lowest BCUT2D eigenvalue weighted by Gasteiger charge is -2.10. The maximum absolute atomic E-state index is 12.1. The van der Waals surface area contributed by atoms with Crippen LogP contribution in [0.5, 0.6) is 0 Å². The fourth-order valence-electron chi connectivity index (χ4n) is 2.49. The summed E-state index contributed by atoms with van der Waals surface area (Å²) in [6.07, 6.45) is 0. The topological polar surface area (TPSA) is 41.1 Å². The van der Waals surface area contributed by atoms with E-state index in [1.807, 2.05) is 74.5 Å². The second kappa shape index (κ2) is 7.01. The van der Waals surface area contributed by atoms with E-state index in [9.17, 15) is 4.79 Å². The number of hydrogen-bond donors (Lipinski definition) is 2. The Morgan fingerprint density at radius 1 is 0.667 bits per heavy atom. The Hall–Kier alpha value is -3.07. The minimum Gasteiger partial charge on any atom is -0.308 e. The summed E-state index contributed by atoms with van der Waals surface area (Å²) in [6.45, 7) is 4.08. The molecule has 24 heavy (non-hydrogen) atoms. The van der Waals surface area contributed by atoms with Gasteiger partial charge in [-0.2, -0.15) is 0 Å². The molecule has 0 radical (unpaired) electrons. The van der Waals surface area contributed by atoms with Crippen molar-refractivity contribution in [1.29, 1.82) is 0 Å². The molecule has 3 aromatic rings. The Kier molecular flexibility index (Phi) is 4.62. The highest BCUT2D eigenvalue weighted by Gasteiger charge is 2.04. The second-order valence-electron chi connectivity index (χ2n) is 5.82. The van der Waals surface area contributed by atoms with Crippen LogP contribution in [0.1, 0.15) is 11.1 Å². The van der Waals surface area contributed by atoms with E-state index in [4.69, 9.17) is 0 Å². The fourth-order valence-corrected chi connectivity index (χ4v) is 2.49. The molecule has 3 nitrogen and oxygen atoms in total. The number of hydrogen-bond acceptors (Lipinski definition) is 1. The van der Waals surface area contributed by atoms with Crippen molar-refractivity contribution in [2.75, 3.05) is 10.6 Å². The molecule has 0 unspecified atom stereocenters. The lowest BCUT2D eigenvalue weighted by molar-refractivity contribution is 0.262. The Morgan fingerprint density at radius 3 is 1.92 bits per heavy atom. The number of benzene rings is 3. The Balaban J connectivity index is 1.65. The van der Waals surface area contributed by atoms with E-state index in [2.05, 4.69) is 22.8 Å². The number of urea groups is 1. The number of amides is 2. The Bertz CT molecular complexity index is 839. The summed E-state index contributed by atoms with van der Waals surface area (Å²) >= 11 is 0. The van der Waals surface area contributed by atoms with Crippen LogP contribution in [0.15, 0.2) is 72.8 Å². The van der Waals surface area contributed by atoms with E-state index in [1.54, 1.807) is 0 Å². The first-order chi connectivity index (χ1) is 11.6. The molecule has 2 N–H and O–H groups in total. The average Bonchev–Trinajstić information content (AvgIpc) is 2.59. The first kappa shape index (κ1) is 15.8. The third-order valence-electron chi connectivity index (χ3n) is 4.01. The SMILES string of the molecule is Cc1ccc(NC(=O)Nc2ccc(-c3ccccc3)cc2)cc1C. The van der Waals surface area contributed by atoms with Crippen LogP contribution < -0.4 is 10.6 Å². The van der Waals surface area contributed by atoms with Gasteiger partial charge < -0.3 is 10.6 Å². The largest absolute Gasteiger partial charge is 0.323 e. The molecule has 0 aliphatic heterocycles. The number of carbonyl (C=O) groups excluding carboxylic acids is 1. The standard InChI is InChI=1S/C21H20N2O/c1-15-8-11-20(14-16(15)2)23-21(24)22-19-12-9-18(10-13-19)17-6-4-3-5-7-17/h3-14H,1-2H3,(H2,22,23,24). The number of carbonyl (C=O) groups is 1. The first-order valence-corrected chi connectivity index (χ1v) is 7.92. The maximum atomic E-state index is 12.1. The van der Waals surface area contributed by atoms with E-state index in [1.165, 1.54) is 5.56 Å². The molecule has 0 aliphatic rings. The molecule has 3 heteroatoms. The van der Waals surface area contributed by atoms with Gasteiger partial charge in [0.05, 0.1) is 0 Å². The van der Waals surface area contributed by atoms with Crippen LogP contribution in [0, 0.1) is 13.8 Å². The summed E-state index contributed by atoms with van der Waals surface area (Å²) in [6, 6.07) is 23.6. The molecule has 0 spiro atoms. The van der Waals surface area contributed by atoms with Crippen molar-refractivity contribution in [2.45, 2.75) is 13.8 Å². The first-order valence-electron chi connectivity index (χ1n) is 7.92. The second-order valence-corrected chi connectivity index (χ2v) is 5.82. The van der Waals surface area contributed by atoms with Gasteiger partial charge in [0.1, 0.15) is 0 Å². The third kappa shape index (κ3) is 3.82. The number of aryl methyl sites for hydroxylation is 2. The molecule has 0 saturated heterocycles. The smallest absolute Gasteiger partial charge is 0.308 e. The molecule has 120 valence electrons. The van der Waals surface area contributed by atoms with E-state index < -0.39 is 0 Å². The zero-order chi connectivity index (χ0) is 16.9. The van der Waals surface area contributed by atoms with Crippen molar-refractivity contribution < 1.29 is 4.79 Å². The fraction of sp³-hybridized carbons (Fsp3) is 0.0952. The minimum atomic E-state index is -0.245. The zero-order valence-electron chi connectivity index (χ0n) is 13.8. The Labute approximate surface area is 142 Å². The molecule has 0 saturated carbocycles. The van der Waals surface area contributed by atoms with Gasteiger partial charge in [0, 0.05) is 11.4 Å². The van der Waals surface area contributed by atoms with Gasteiger partial charge in [-0.05, 0) is 60.4 Å². The molecule has 3 rings (SSSR count). The third-order valence-corrected chi connectivity index (χ3v) is 4.01. The minimum absolute atomic E-state index is 0.245. The monoisotopic (exact) mass is 316 g/mol. The number of nitrogens with one attached hydrogen (secondary N) is 2. The quantitative estimate of drug-likeness (QED) is 0.647. The van der Waals surface area contributed by atoms with Crippen LogP contribution in [-0.2, 0) is 0 Å². The maximum Gasteiger partial charge on any atom is 0.323 e. The van der Waals surface area contributed by atoms with Crippen LogP contribution in [0.25, 0.3) is 11.1 Å². The highest BCUT2D eigenvalue weighted by atomic mass is 16.2. The van der Waals surface area contributed by atoms with Crippen molar-refractivity contribution in [1.82, 2.24) is 0 Å². The van der Waals surface area contributed by atoms with Gasteiger partial charge in [-0.25, -0.2) is 4.79 Å². The van der Waals surface area contributed by atoms with Crippen molar-refractivity contribution in [2.24, 2.45) is 0 Å². The molecular weight excluding hydrogens is 296 g/mol. The van der Waals surface area contributed by atoms with Gasteiger partial charge >= 0.3 is 6.03 Å². The van der Waals surface area contributed by atoms with Crippen LogP contribution in [0.2, 0.25) is 0 Å². The molecule has 0 fully saturated rings. The summed E-state index contributed by atoms with van der Waals surface area (Å²) in [7, 11) is 0. The molecule has 0 atom stereocenters. The van der Waals surface area contributed by atoms with E-state index >= 15 is 0 Å². The highest BCUT2D eigenvalue weighted by Crippen LogP contribution is 2.21. The van der Waals surface area contributed by atoms with Crippen LogP contribution in [0.3, 0.4) is 0 Å². The molecule has 0 aromatic heterocycles. The van der Waals surface area contributed by atoms with Gasteiger partial charge in [0.25, 0.3) is 0 Å². The summed E-state index contributed by atoms with van der Waals surface area (Å²) < 4.78 is 0.